The molecule has 2 N–H and O–H groups in total. The molecule has 8 heteroatoms. The van der Waals surface area contributed by atoms with Gasteiger partial charge in [-0.25, -0.2) is 4.39 Å². The van der Waals surface area contributed by atoms with Gasteiger partial charge >= 0.3 is 0 Å². The van der Waals surface area contributed by atoms with Crippen LogP contribution < -0.4 is 10.6 Å². The fourth-order valence-electron chi connectivity index (χ4n) is 2.58. The minimum absolute atomic E-state index is 0.0529. The Hall–Kier alpha value is -3.19. The van der Waals surface area contributed by atoms with Gasteiger partial charge in [-0.05, 0) is 49.7 Å². The van der Waals surface area contributed by atoms with Crippen LogP contribution in [0.25, 0.3) is 0 Å². The van der Waals surface area contributed by atoms with E-state index < -0.39 is 17.6 Å². The zero-order chi connectivity index (χ0) is 20.3. The fraction of sp³-hybridized carbons (Fsp3) is 0.150. The Morgan fingerprint density at radius 2 is 1.86 bits per heavy atom. The van der Waals surface area contributed by atoms with Crippen molar-refractivity contribution in [3.63, 3.8) is 0 Å². The number of nitrogens with zero attached hydrogens (tertiary/aromatic N) is 2. The van der Waals surface area contributed by atoms with Gasteiger partial charge in [0.1, 0.15) is 5.82 Å². The molecule has 0 radical (unpaired) electrons. The highest BCUT2D eigenvalue weighted by molar-refractivity contribution is 6.34. The van der Waals surface area contributed by atoms with Gasteiger partial charge in [-0.1, -0.05) is 17.7 Å². The quantitative estimate of drug-likeness (QED) is 0.661. The Morgan fingerprint density at radius 3 is 2.57 bits per heavy atom. The highest BCUT2D eigenvalue weighted by Crippen LogP contribution is 2.24. The summed E-state index contributed by atoms with van der Waals surface area (Å²) in [5.41, 5.74) is 1.89. The SMILES string of the molecule is CCn1cc(C(=O)Nc2cc(F)cc(C(=O)Nc3cc(C)ccc3Cl)c2)cn1. The zero-order valence-electron chi connectivity index (χ0n) is 15.3. The predicted molar refractivity (Wildman–Crippen MR) is 106 cm³/mol. The molecule has 3 rings (SSSR count). The molecular weight excluding hydrogens is 383 g/mol. The number of hydrogen-bond acceptors (Lipinski definition) is 3. The number of benzene rings is 2. The molecule has 1 aromatic heterocycles. The lowest BCUT2D eigenvalue weighted by Gasteiger charge is -2.10. The van der Waals surface area contributed by atoms with Gasteiger partial charge in [-0.2, -0.15) is 5.10 Å². The zero-order valence-corrected chi connectivity index (χ0v) is 16.0. The van der Waals surface area contributed by atoms with Crippen LogP contribution in [-0.2, 0) is 6.54 Å². The minimum atomic E-state index is -0.650. The van der Waals surface area contributed by atoms with Crippen molar-refractivity contribution in [3.8, 4) is 0 Å². The molecule has 0 atom stereocenters. The maximum Gasteiger partial charge on any atom is 0.258 e. The monoisotopic (exact) mass is 400 g/mol. The lowest BCUT2D eigenvalue weighted by Crippen LogP contribution is -2.15. The number of carbonyl (C=O) groups excluding carboxylic acids is 2. The van der Waals surface area contributed by atoms with E-state index in [4.69, 9.17) is 11.6 Å². The number of nitrogens with one attached hydrogen (secondary N) is 2. The number of aryl methyl sites for hydroxylation is 2. The molecular formula is C20H18ClFN4O2. The fourth-order valence-corrected chi connectivity index (χ4v) is 2.74. The highest BCUT2D eigenvalue weighted by atomic mass is 35.5. The lowest BCUT2D eigenvalue weighted by molar-refractivity contribution is 0.101. The first kappa shape index (κ1) is 19.6. The molecule has 28 heavy (non-hydrogen) atoms. The van der Waals surface area contributed by atoms with Crippen molar-refractivity contribution in [2.75, 3.05) is 10.6 Å². The van der Waals surface area contributed by atoms with E-state index in [-0.39, 0.29) is 11.3 Å². The van der Waals surface area contributed by atoms with E-state index in [9.17, 15) is 14.0 Å². The first-order valence-corrected chi connectivity index (χ1v) is 8.95. The number of carbonyl (C=O) groups is 2. The van der Waals surface area contributed by atoms with Crippen molar-refractivity contribution >= 4 is 34.8 Å². The van der Waals surface area contributed by atoms with Gasteiger partial charge < -0.3 is 10.6 Å². The molecule has 3 aromatic rings. The second kappa shape index (κ2) is 8.22. The molecule has 0 aliphatic rings. The molecule has 0 saturated heterocycles. The van der Waals surface area contributed by atoms with Crippen LogP contribution in [0.5, 0.6) is 0 Å². The smallest absolute Gasteiger partial charge is 0.258 e. The maximum absolute atomic E-state index is 14.0. The molecule has 0 saturated carbocycles. The number of anilines is 2. The molecule has 0 fully saturated rings. The Balaban J connectivity index is 1.79. The molecule has 144 valence electrons. The van der Waals surface area contributed by atoms with E-state index in [2.05, 4.69) is 15.7 Å². The third kappa shape index (κ3) is 4.55. The van der Waals surface area contributed by atoms with E-state index in [0.717, 1.165) is 17.7 Å². The number of hydrogen-bond donors (Lipinski definition) is 2. The normalized spacial score (nSPS) is 10.6. The van der Waals surface area contributed by atoms with Gasteiger partial charge in [0.05, 0.1) is 22.5 Å². The van der Waals surface area contributed by atoms with Gasteiger partial charge in [0.15, 0.2) is 0 Å². The van der Waals surface area contributed by atoms with Crippen molar-refractivity contribution < 1.29 is 14.0 Å². The van der Waals surface area contributed by atoms with Crippen molar-refractivity contribution in [2.45, 2.75) is 20.4 Å². The summed E-state index contributed by atoms with van der Waals surface area (Å²) < 4.78 is 15.6. The third-order valence-electron chi connectivity index (χ3n) is 4.01. The van der Waals surface area contributed by atoms with Crippen LogP contribution in [0.15, 0.2) is 48.8 Å². The van der Waals surface area contributed by atoms with Crippen LogP contribution in [0.2, 0.25) is 5.02 Å². The van der Waals surface area contributed by atoms with Crippen molar-refractivity contribution in [1.29, 1.82) is 0 Å². The molecule has 6 nitrogen and oxygen atoms in total. The van der Waals surface area contributed by atoms with E-state index in [0.29, 0.717) is 22.8 Å². The second-order valence-electron chi connectivity index (χ2n) is 6.20. The standard InChI is InChI=1S/C20H18ClFN4O2/c1-3-26-11-14(10-23-26)20(28)24-16-8-13(7-15(22)9-16)19(27)25-18-6-12(2)4-5-17(18)21/h4-11H,3H2,1-2H3,(H,24,28)(H,25,27). The Kier molecular flexibility index (Phi) is 5.75. The Labute approximate surface area is 166 Å². The van der Waals surface area contributed by atoms with Gasteiger partial charge in [-0.3, -0.25) is 14.3 Å². The number of aromatic nitrogens is 2. The van der Waals surface area contributed by atoms with Gasteiger partial charge in [0.2, 0.25) is 0 Å². The van der Waals surface area contributed by atoms with Crippen LogP contribution in [0.1, 0.15) is 33.2 Å². The highest BCUT2D eigenvalue weighted by Gasteiger charge is 2.14. The largest absolute Gasteiger partial charge is 0.322 e. The Morgan fingerprint density at radius 1 is 1.11 bits per heavy atom. The van der Waals surface area contributed by atoms with E-state index in [1.165, 1.54) is 12.3 Å². The predicted octanol–water partition coefficient (Wildman–Crippen LogP) is 4.51. The van der Waals surface area contributed by atoms with Crippen molar-refractivity contribution in [1.82, 2.24) is 9.78 Å². The summed E-state index contributed by atoms with van der Waals surface area (Å²) in [5.74, 6) is -1.64. The number of amides is 2. The number of rotatable bonds is 5. The number of halogens is 2. The van der Waals surface area contributed by atoms with Gasteiger partial charge in [-0.15, -0.1) is 0 Å². The van der Waals surface area contributed by atoms with E-state index in [1.807, 2.05) is 19.9 Å². The molecule has 0 spiro atoms. The summed E-state index contributed by atoms with van der Waals surface area (Å²) in [4.78, 5) is 24.8. The molecule has 2 aromatic carbocycles. The summed E-state index contributed by atoms with van der Waals surface area (Å²) in [6.07, 6.45) is 3.01. The summed E-state index contributed by atoms with van der Waals surface area (Å²) in [6.45, 7) is 4.38. The maximum atomic E-state index is 14.0. The van der Waals surface area contributed by atoms with E-state index >= 15 is 0 Å². The summed E-state index contributed by atoms with van der Waals surface area (Å²) in [5, 5.41) is 9.63. The van der Waals surface area contributed by atoms with Crippen LogP contribution in [0.4, 0.5) is 15.8 Å². The summed E-state index contributed by atoms with van der Waals surface area (Å²) in [7, 11) is 0. The molecule has 0 unspecified atom stereocenters. The first-order chi connectivity index (χ1) is 13.4. The molecule has 2 amide bonds. The molecule has 0 bridgehead atoms. The van der Waals surface area contributed by atoms with Crippen LogP contribution in [-0.4, -0.2) is 21.6 Å². The van der Waals surface area contributed by atoms with Gasteiger partial charge in [0.25, 0.3) is 11.8 Å². The summed E-state index contributed by atoms with van der Waals surface area (Å²) in [6, 6.07) is 8.81. The third-order valence-corrected chi connectivity index (χ3v) is 4.34. The molecule has 0 aliphatic heterocycles. The minimum Gasteiger partial charge on any atom is -0.322 e. The van der Waals surface area contributed by atoms with E-state index in [1.54, 1.807) is 23.0 Å². The topological polar surface area (TPSA) is 76.0 Å². The van der Waals surface area contributed by atoms with Crippen molar-refractivity contribution in [2.24, 2.45) is 0 Å². The molecule has 0 aliphatic carbocycles. The Bertz CT molecular complexity index is 1050. The average molecular weight is 401 g/mol. The second-order valence-corrected chi connectivity index (χ2v) is 6.61. The molecule has 1 heterocycles. The van der Waals surface area contributed by atoms with Gasteiger partial charge in [0, 0.05) is 24.0 Å². The summed E-state index contributed by atoms with van der Waals surface area (Å²) >= 11 is 6.09. The van der Waals surface area contributed by atoms with Crippen molar-refractivity contribution in [3.05, 3.63) is 76.3 Å². The van der Waals surface area contributed by atoms with Crippen LogP contribution in [0.3, 0.4) is 0 Å². The first-order valence-electron chi connectivity index (χ1n) is 8.57. The van der Waals surface area contributed by atoms with Crippen LogP contribution in [0, 0.1) is 12.7 Å². The average Bonchev–Trinajstić information content (AvgIpc) is 3.13. The van der Waals surface area contributed by atoms with Crippen LogP contribution >= 0.6 is 11.6 Å². The lowest BCUT2D eigenvalue weighted by atomic mass is 10.1.